The molecule has 0 saturated heterocycles. The quantitative estimate of drug-likeness (QED) is 0.224. The second-order valence-electron chi connectivity index (χ2n) is 6.44. The molecule has 1 aliphatic rings. The Hall–Kier alpha value is -4.67. The molecule has 0 atom stereocenters. The zero-order chi connectivity index (χ0) is 33.0. The van der Waals surface area contributed by atoms with E-state index in [1.165, 1.54) is 41.5 Å². The molecule has 11 nitrogen and oxygen atoms in total. The number of carboxylic acids is 2. The van der Waals surface area contributed by atoms with E-state index < -0.39 is 36.3 Å². The molecule has 0 saturated carbocycles. The number of hydrogen-bond acceptors (Lipinski definition) is 7. The molecule has 1 aromatic carbocycles. The van der Waals surface area contributed by atoms with Crippen LogP contribution < -0.4 is 30.4 Å². The zero-order valence-electron chi connectivity index (χ0n) is 23.0. The van der Waals surface area contributed by atoms with Crippen LogP contribution in [0, 0.1) is 0 Å². The lowest BCUT2D eigenvalue weighted by Gasteiger charge is -2.17. The smallest absolute Gasteiger partial charge is 0.453 e. The number of benzene rings is 1. The van der Waals surface area contributed by atoms with Crippen molar-refractivity contribution in [1.29, 1.82) is 0 Å². The molecule has 0 unspecified atom stereocenters. The van der Waals surface area contributed by atoms with E-state index in [1.54, 1.807) is 12.1 Å². The highest BCUT2D eigenvalue weighted by molar-refractivity contribution is 6.31. The fourth-order valence-electron chi connectivity index (χ4n) is 2.28. The maximum atomic E-state index is 12.8. The Kier molecular flexibility index (Phi) is 7.14. The van der Waals surface area contributed by atoms with Gasteiger partial charge >= 0.3 is 21.0 Å². The van der Waals surface area contributed by atoms with Crippen LogP contribution in [-0.4, -0.2) is 40.4 Å². The van der Waals surface area contributed by atoms with Crippen molar-refractivity contribution in [2.45, 2.75) is 12.4 Å². The molecular formula is C20H13ClF6N6O5. The Morgan fingerprint density at radius 3 is 2.21 bits per heavy atom. The molecular weight excluding hydrogens is 554 g/mol. The average Bonchev–Trinajstić information content (AvgIpc) is 3.28. The van der Waals surface area contributed by atoms with Crippen LogP contribution >= 0.6 is 11.6 Å². The number of aromatic nitrogens is 4. The Bertz CT molecular complexity index is 1550. The van der Waals surface area contributed by atoms with E-state index in [-0.39, 0.29) is 17.2 Å². The first-order chi connectivity index (χ1) is 19.7. The molecule has 0 aliphatic carbocycles. The number of fused-ring (bicyclic) bond motifs is 3. The third-order valence-corrected chi connectivity index (χ3v) is 4.01. The highest BCUT2D eigenvalue weighted by Crippen LogP contribution is 2.28. The van der Waals surface area contributed by atoms with Crippen molar-refractivity contribution in [3.05, 3.63) is 66.0 Å². The number of anilines is 2. The van der Waals surface area contributed by atoms with Crippen molar-refractivity contribution < 1.29 is 67.5 Å². The number of amides is 1. The molecule has 0 spiro atoms. The van der Waals surface area contributed by atoms with Gasteiger partial charge in [0.15, 0.2) is 15.2 Å². The van der Waals surface area contributed by atoms with Crippen LogP contribution in [0.2, 0.25) is 10.7 Å². The number of carbonyl (C=O) groups excluding carboxylic acids is 3. The summed E-state index contributed by atoms with van der Waals surface area (Å²) in [7, 11) is 0. The van der Waals surface area contributed by atoms with Gasteiger partial charge in [-0.2, -0.15) is 30.9 Å². The molecule has 18 heteroatoms. The van der Waals surface area contributed by atoms with Crippen LogP contribution in [0.5, 0.6) is 0 Å². The number of nitrogens with one attached hydrogen (secondary N) is 4. The van der Waals surface area contributed by atoms with Crippen LogP contribution in [0.3, 0.4) is 0 Å². The Morgan fingerprint density at radius 2 is 1.68 bits per heavy atom. The average molecular weight is 572 g/mol. The van der Waals surface area contributed by atoms with Crippen molar-refractivity contribution in [3.63, 3.8) is 0 Å². The predicted molar refractivity (Wildman–Crippen MR) is 110 cm³/mol. The Balaban J connectivity index is 0.000000384. The molecule has 4 rings (SSSR count). The summed E-state index contributed by atoms with van der Waals surface area (Å²) in [6.45, 7) is 0. The van der Waals surface area contributed by atoms with Gasteiger partial charge in [0.25, 0.3) is 5.91 Å². The first-order valence-corrected chi connectivity index (χ1v) is 9.75. The van der Waals surface area contributed by atoms with Gasteiger partial charge in [0.05, 0.1) is 12.7 Å². The van der Waals surface area contributed by atoms with Crippen LogP contribution in [0.4, 0.5) is 37.7 Å². The van der Waals surface area contributed by atoms with Gasteiger partial charge in [-0.1, -0.05) is 11.6 Å². The lowest BCUT2D eigenvalue weighted by atomic mass is 10.2. The zero-order valence-corrected chi connectivity index (χ0v) is 18.7. The summed E-state index contributed by atoms with van der Waals surface area (Å²) in [6, 6.07) is 6.86. The molecule has 38 heavy (non-hydrogen) atoms. The number of halogens is 7. The normalized spacial score (nSPS) is 15.2. The number of H-pyrrole nitrogens is 2. The number of hydrogen-bond donors (Lipinski definition) is 3. The molecule has 3 heterocycles. The summed E-state index contributed by atoms with van der Waals surface area (Å²) in [5.74, 6) is -6.98. The van der Waals surface area contributed by atoms with Crippen molar-refractivity contribution >= 4 is 46.5 Å². The molecule has 1 aliphatic heterocycles. The maximum absolute atomic E-state index is 12.8. The number of nitrogens with zero attached hydrogens (tertiary/aromatic N) is 2. The number of carbonyl (C=O) groups is 3. The number of alkyl halides is 6. The molecule has 3 aromatic rings. The standard InChI is InChI=1S/C16H11ClN6O.2C2HF3O2/c17-10-1-2-14-12(7-10)21-13(16-22-19-9-23(14)16)8-15(24)20-11-3-5-18-6-4-11;2*3-2(4,5)1(6)7/h1-9H,(H2,18,20,21,24);2*(H,6,7)/i8D;;/hD4. The van der Waals surface area contributed by atoms with Crippen LogP contribution in [0.15, 0.2) is 55.1 Å². The van der Waals surface area contributed by atoms with Crippen LogP contribution in [0.1, 0.15) is 7.20 Å². The molecule has 202 valence electrons. The first kappa shape index (κ1) is 22.5. The van der Waals surface area contributed by atoms with E-state index >= 15 is 0 Å². The Morgan fingerprint density at radius 1 is 1.13 bits per heavy atom. The first-order valence-electron chi connectivity index (χ1n) is 11.7. The van der Waals surface area contributed by atoms with E-state index in [1.807, 2.05) is 0 Å². The molecule has 0 fully saturated rings. The third-order valence-electron chi connectivity index (χ3n) is 3.77. The molecule has 2 aromatic heterocycles. The topological polar surface area (TPSA) is 168 Å². The van der Waals surface area contributed by atoms with Crippen molar-refractivity contribution in [2.24, 2.45) is 0 Å². The number of rotatable bonds is 2. The second kappa shape index (κ2) is 12.0. The number of aliphatic carboxylic acids is 2. The summed E-state index contributed by atoms with van der Waals surface area (Å²) < 4.78 is 105. The van der Waals surface area contributed by atoms with Crippen molar-refractivity contribution in [3.8, 4) is 5.69 Å². The van der Waals surface area contributed by atoms with Gasteiger partial charge in [-0.3, -0.25) is 4.79 Å². The lowest BCUT2D eigenvalue weighted by molar-refractivity contribution is -0.598. The minimum Gasteiger partial charge on any atom is -0.542 e. The fraction of sp³-hybridized carbons (Fsp3) is 0.100. The molecule has 0 bridgehead atoms. The van der Waals surface area contributed by atoms with Gasteiger partial charge < -0.3 is 30.4 Å². The number of aromatic amines is 2. The minimum atomic E-state index is -5.19. The molecule has 4 N–H and O–H groups in total. The fourth-order valence-corrected chi connectivity index (χ4v) is 2.45. The predicted octanol–water partition coefficient (Wildman–Crippen LogP) is 0.156. The monoisotopic (exact) mass is 571 g/mol. The highest BCUT2D eigenvalue weighted by atomic mass is 35.5. The molecule has 1 amide bonds. The summed E-state index contributed by atoms with van der Waals surface area (Å²) >= 11 is 6.04. The van der Waals surface area contributed by atoms with Gasteiger partial charge in [0, 0.05) is 28.3 Å². The second-order valence-corrected chi connectivity index (χ2v) is 6.87. The van der Waals surface area contributed by atoms with Gasteiger partial charge in [-0.25, -0.2) is 4.98 Å². The third kappa shape index (κ3) is 8.47. The minimum absolute atomic E-state index is 0.0358. The Labute approximate surface area is 219 Å². The summed E-state index contributed by atoms with van der Waals surface area (Å²) in [5.41, 5.74) is 0.757. The lowest BCUT2D eigenvalue weighted by Crippen LogP contribution is -2.38. The summed E-state index contributed by atoms with van der Waals surface area (Å²) in [4.78, 5) is 31.3. The van der Waals surface area contributed by atoms with Crippen LogP contribution in [-0.2, 0) is 14.4 Å². The van der Waals surface area contributed by atoms with E-state index in [4.69, 9.17) is 38.4 Å². The van der Waals surface area contributed by atoms with E-state index in [0.717, 1.165) is 15.4 Å². The molecule has 0 radical (unpaired) electrons. The number of pyridine rings is 1. The largest absolute Gasteiger partial charge is 0.542 e. The van der Waals surface area contributed by atoms with Gasteiger partial charge in [0.1, 0.15) is 23.3 Å². The van der Waals surface area contributed by atoms with Gasteiger partial charge in [-0.15, -0.1) is 5.09 Å². The highest BCUT2D eigenvalue weighted by Gasteiger charge is 2.30. The summed E-state index contributed by atoms with van der Waals surface area (Å²) in [5, 5.41) is 24.0. The van der Waals surface area contributed by atoms with Crippen molar-refractivity contribution in [1.82, 2.24) is 10.2 Å². The van der Waals surface area contributed by atoms with E-state index in [9.17, 15) is 31.1 Å². The van der Waals surface area contributed by atoms with Gasteiger partial charge in [-0.05, 0) is 18.2 Å². The van der Waals surface area contributed by atoms with Crippen molar-refractivity contribution in [2.75, 3.05) is 10.6 Å². The summed E-state index contributed by atoms with van der Waals surface area (Å²) in [6.07, 6.45) is -6.38. The van der Waals surface area contributed by atoms with E-state index in [2.05, 4.69) is 5.10 Å². The maximum Gasteiger partial charge on any atom is 0.453 e. The SMILES string of the molecule is O=C([O-])C(F)(F)F.O=C([O-])C(F)(F)F.[2H]/C(C(=O)N([2H])c1cc[n+]([2H])cc1)=C1\c2nn([2H])c[n+]2-c2ccc(Cl)cc2N1[2H]. The van der Waals surface area contributed by atoms with Gasteiger partial charge in [0.2, 0.25) is 6.33 Å². The van der Waals surface area contributed by atoms with E-state index in [0.29, 0.717) is 21.7 Å². The number of carboxylic acid groups (broad SMARTS) is 2. The van der Waals surface area contributed by atoms with Crippen LogP contribution in [0.25, 0.3) is 11.4 Å².